The number of carbonyl (C=O) groups is 1. The van der Waals surface area contributed by atoms with Crippen LogP contribution in [0.5, 0.6) is 0 Å². The van der Waals surface area contributed by atoms with Crippen LogP contribution in [0, 0.1) is 6.92 Å². The van der Waals surface area contributed by atoms with E-state index in [9.17, 15) is 4.79 Å². The van der Waals surface area contributed by atoms with Crippen LogP contribution in [0.2, 0.25) is 0 Å². The Balaban J connectivity index is 2.40. The normalized spacial score (nSPS) is 11.9. The summed E-state index contributed by atoms with van der Waals surface area (Å²) in [5.41, 5.74) is 3.39. The molecule has 2 rings (SSSR count). The van der Waals surface area contributed by atoms with Gasteiger partial charge in [0.15, 0.2) is 0 Å². The molecule has 0 spiro atoms. The summed E-state index contributed by atoms with van der Waals surface area (Å²) in [5.74, 6) is -0.0166. The third-order valence-electron chi connectivity index (χ3n) is 3.06. The monoisotopic (exact) mass is 317 g/mol. The van der Waals surface area contributed by atoms with Gasteiger partial charge in [-0.25, -0.2) is 0 Å². The zero-order valence-electron chi connectivity index (χ0n) is 10.8. The number of aryl methyl sites for hydroxylation is 1. The minimum atomic E-state index is -0.104. The Labute approximate surface area is 122 Å². The van der Waals surface area contributed by atoms with Crippen LogP contribution in [0.4, 0.5) is 0 Å². The maximum atomic E-state index is 11.7. The molecule has 0 aliphatic carbocycles. The first kappa shape index (κ1) is 13.8. The second kappa shape index (κ2) is 6.53. The third kappa shape index (κ3) is 3.44. The minimum absolute atomic E-state index is 0.0166. The van der Waals surface area contributed by atoms with Crippen LogP contribution in [0.15, 0.2) is 54.6 Å². The van der Waals surface area contributed by atoms with Gasteiger partial charge >= 0.3 is 0 Å². The number of hydrogen-bond acceptors (Lipinski definition) is 1. The minimum Gasteiger partial charge on any atom is -0.344 e. The number of nitrogens with one attached hydrogen (secondary N) is 1. The summed E-state index contributed by atoms with van der Waals surface area (Å²) in [4.78, 5) is 11.7. The highest BCUT2D eigenvalue weighted by Crippen LogP contribution is 2.24. The van der Waals surface area contributed by atoms with Gasteiger partial charge in [0, 0.05) is 0 Å². The fourth-order valence-electron chi connectivity index (χ4n) is 2.10. The van der Waals surface area contributed by atoms with Crippen molar-refractivity contribution in [2.24, 2.45) is 0 Å². The summed E-state index contributed by atoms with van der Waals surface area (Å²) in [5, 5.41) is 3.36. The van der Waals surface area contributed by atoms with Crippen molar-refractivity contribution in [3.05, 3.63) is 71.3 Å². The highest BCUT2D eigenvalue weighted by Gasteiger charge is 2.17. The summed E-state index contributed by atoms with van der Waals surface area (Å²) >= 11 is 3.19. The Kier molecular flexibility index (Phi) is 4.74. The molecule has 0 aliphatic heterocycles. The van der Waals surface area contributed by atoms with E-state index in [1.807, 2.05) is 42.5 Å². The van der Waals surface area contributed by atoms with Gasteiger partial charge in [0.25, 0.3) is 0 Å². The molecule has 1 atom stereocenters. The van der Waals surface area contributed by atoms with E-state index in [0.29, 0.717) is 5.33 Å². The van der Waals surface area contributed by atoms with Crippen LogP contribution in [0.1, 0.15) is 22.7 Å². The van der Waals surface area contributed by atoms with Gasteiger partial charge in [-0.1, -0.05) is 70.5 Å². The standard InChI is InChI=1S/C16H16BrNO/c1-12-7-5-6-10-14(12)16(18-15(19)11-17)13-8-3-2-4-9-13/h2-10,16H,11H2,1H3,(H,18,19). The van der Waals surface area contributed by atoms with Crippen molar-refractivity contribution in [1.82, 2.24) is 5.32 Å². The lowest BCUT2D eigenvalue weighted by Crippen LogP contribution is -2.30. The van der Waals surface area contributed by atoms with Gasteiger partial charge in [-0.2, -0.15) is 0 Å². The van der Waals surface area contributed by atoms with Crippen molar-refractivity contribution >= 4 is 21.8 Å². The fraction of sp³-hybridized carbons (Fsp3) is 0.188. The first-order valence-electron chi connectivity index (χ1n) is 6.18. The van der Waals surface area contributed by atoms with E-state index < -0.39 is 0 Å². The SMILES string of the molecule is Cc1ccccc1C(NC(=O)CBr)c1ccccc1. The highest BCUT2D eigenvalue weighted by molar-refractivity contribution is 9.09. The Morgan fingerprint density at radius 3 is 2.37 bits per heavy atom. The largest absolute Gasteiger partial charge is 0.344 e. The number of carbonyl (C=O) groups excluding carboxylic acids is 1. The Morgan fingerprint density at radius 2 is 1.74 bits per heavy atom. The average Bonchev–Trinajstić information content (AvgIpc) is 2.46. The second-order valence-electron chi connectivity index (χ2n) is 4.40. The Bertz CT molecular complexity index is 554. The maximum Gasteiger partial charge on any atom is 0.231 e. The zero-order chi connectivity index (χ0) is 13.7. The molecular formula is C16H16BrNO. The average molecular weight is 318 g/mol. The summed E-state index contributed by atoms with van der Waals surface area (Å²) in [6, 6.07) is 18.0. The second-order valence-corrected chi connectivity index (χ2v) is 4.96. The summed E-state index contributed by atoms with van der Waals surface area (Å²) in [6.07, 6.45) is 0. The van der Waals surface area contributed by atoms with Crippen molar-refractivity contribution in [3.63, 3.8) is 0 Å². The lowest BCUT2D eigenvalue weighted by molar-refractivity contribution is -0.118. The predicted octanol–water partition coefficient (Wildman–Crippen LogP) is 3.60. The van der Waals surface area contributed by atoms with Crippen LogP contribution >= 0.6 is 15.9 Å². The van der Waals surface area contributed by atoms with Gasteiger partial charge in [0.05, 0.1) is 11.4 Å². The molecule has 0 fully saturated rings. The molecule has 0 saturated heterocycles. The van der Waals surface area contributed by atoms with Gasteiger partial charge in [-0.05, 0) is 23.6 Å². The van der Waals surface area contributed by atoms with Crippen molar-refractivity contribution in [2.75, 3.05) is 5.33 Å². The van der Waals surface area contributed by atoms with E-state index in [2.05, 4.69) is 40.3 Å². The van der Waals surface area contributed by atoms with Crippen molar-refractivity contribution in [2.45, 2.75) is 13.0 Å². The molecule has 3 heteroatoms. The van der Waals surface area contributed by atoms with E-state index in [-0.39, 0.29) is 11.9 Å². The molecule has 98 valence electrons. The van der Waals surface area contributed by atoms with Gasteiger partial charge in [-0.15, -0.1) is 0 Å². The maximum absolute atomic E-state index is 11.7. The molecule has 0 saturated carbocycles. The summed E-state index contributed by atoms with van der Waals surface area (Å²) < 4.78 is 0. The molecule has 0 aliphatic rings. The number of hydrogen-bond donors (Lipinski definition) is 1. The lowest BCUT2D eigenvalue weighted by Gasteiger charge is -2.21. The molecule has 1 unspecified atom stereocenters. The quantitative estimate of drug-likeness (QED) is 0.858. The van der Waals surface area contributed by atoms with E-state index in [0.717, 1.165) is 11.1 Å². The Morgan fingerprint density at radius 1 is 1.11 bits per heavy atom. The summed E-state index contributed by atoms with van der Waals surface area (Å²) in [6.45, 7) is 2.06. The molecule has 0 heterocycles. The number of alkyl halides is 1. The molecule has 19 heavy (non-hydrogen) atoms. The third-order valence-corrected chi connectivity index (χ3v) is 3.57. The van der Waals surface area contributed by atoms with Gasteiger partial charge < -0.3 is 5.32 Å². The van der Waals surface area contributed by atoms with Gasteiger partial charge in [-0.3, -0.25) is 4.79 Å². The fourth-order valence-corrected chi connectivity index (χ4v) is 2.26. The van der Waals surface area contributed by atoms with Crippen LogP contribution in [-0.2, 0) is 4.79 Å². The predicted molar refractivity (Wildman–Crippen MR) is 81.4 cm³/mol. The van der Waals surface area contributed by atoms with Gasteiger partial charge in [0.1, 0.15) is 0 Å². The molecular weight excluding hydrogens is 302 g/mol. The molecule has 1 amide bonds. The number of rotatable bonds is 4. The van der Waals surface area contributed by atoms with E-state index in [1.165, 1.54) is 5.56 Å². The number of benzene rings is 2. The van der Waals surface area contributed by atoms with Gasteiger partial charge in [0.2, 0.25) is 5.91 Å². The van der Waals surface area contributed by atoms with E-state index >= 15 is 0 Å². The zero-order valence-corrected chi connectivity index (χ0v) is 12.4. The van der Waals surface area contributed by atoms with Crippen LogP contribution in [0.3, 0.4) is 0 Å². The first-order chi connectivity index (χ1) is 9.22. The van der Waals surface area contributed by atoms with Crippen LogP contribution in [0.25, 0.3) is 0 Å². The first-order valence-corrected chi connectivity index (χ1v) is 7.30. The molecule has 2 aromatic carbocycles. The van der Waals surface area contributed by atoms with Crippen LogP contribution in [-0.4, -0.2) is 11.2 Å². The van der Waals surface area contributed by atoms with E-state index in [1.54, 1.807) is 0 Å². The molecule has 2 nitrogen and oxygen atoms in total. The van der Waals surface area contributed by atoms with Crippen molar-refractivity contribution in [1.29, 1.82) is 0 Å². The molecule has 0 bridgehead atoms. The van der Waals surface area contributed by atoms with Crippen LogP contribution < -0.4 is 5.32 Å². The Hall–Kier alpha value is -1.61. The molecule has 1 N–H and O–H groups in total. The molecule has 0 aromatic heterocycles. The number of halogens is 1. The van der Waals surface area contributed by atoms with E-state index in [4.69, 9.17) is 0 Å². The highest BCUT2D eigenvalue weighted by atomic mass is 79.9. The van der Waals surface area contributed by atoms with Crippen molar-refractivity contribution < 1.29 is 4.79 Å². The molecule has 0 radical (unpaired) electrons. The smallest absolute Gasteiger partial charge is 0.231 e. The molecule has 2 aromatic rings. The lowest BCUT2D eigenvalue weighted by atomic mass is 9.95. The van der Waals surface area contributed by atoms with Crippen molar-refractivity contribution in [3.8, 4) is 0 Å². The number of amides is 1. The topological polar surface area (TPSA) is 29.1 Å². The summed E-state index contributed by atoms with van der Waals surface area (Å²) in [7, 11) is 0.